The number of anilines is 2. The molecule has 246 valence electrons. The third kappa shape index (κ3) is 7.27. The Morgan fingerprint density at radius 2 is 1.91 bits per heavy atom. The predicted molar refractivity (Wildman–Crippen MR) is 166 cm³/mol. The maximum atomic E-state index is 13.5. The predicted octanol–water partition coefficient (Wildman–Crippen LogP) is 5.94. The Kier molecular flexibility index (Phi) is 9.36. The van der Waals surface area contributed by atoms with Crippen molar-refractivity contribution in [2.45, 2.75) is 57.6 Å². The van der Waals surface area contributed by atoms with Gasteiger partial charge < -0.3 is 25.3 Å². The first kappa shape index (κ1) is 33.9. The number of fused-ring (bicyclic) bond motifs is 1. The Morgan fingerprint density at radius 1 is 1.15 bits per heavy atom. The van der Waals surface area contributed by atoms with E-state index in [1.54, 1.807) is 57.2 Å². The molecule has 1 aliphatic heterocycles. The van der Waals surface area contributed by atoms with Crippen molar-refractivity contribution in [3.63, 3.8) is 0 Å². The molecule has 0 spiro atoms. The van der Waals surface area contributed by atoms with E-state index in [1.165, 1.54) is 29.8 Å². The van der Waals surface area contributed by atoms with Gasteiger partial charge >= 0.3 is 12.1 Å². The summed E-state index contributed by atoms with van der Waals surface area (Å²) in [6.45, 7) is 4.70. The van der Waals surface area contributed by atoms with Crippen LogP contribution in [-0.2, 0) is 11.4 Å². The fraction of sp³-hybridized carbons (Fsp3) is 0.312. The second kappa shape index (κ2) is 13.0. The summed E-state index contributed by atoms with van der Waals surface area (Å²) in [4.78, 5) is 33.3. The van der Waals surface area contributed by atoms with Crippen LogP contribution in [0.3, 0.4) is 0 Å². The Morgan fingerprint density at radius 3 is 2.57 bits per heavy atom. The summed E-state index contributed by atoms with van der Waals surface area (Å²) in [5.41, 5.74) is 0.774. The van der Waals surface area contributed by atoms with Gasteiger partial charge in [-0.25, -0.2) is 14.4 Å². The van der Waals surface area contributed by atoms with Gasteiger partial charge in [-0.15, -0.1) is 11.3 Å². The fourth-order valence-electron chi connectivity index (χ4n) is 5.54. The topological polar surface area (TPSA) is 116 Å². The highest BCUT2D eigenvalue weighted by Crippen LogP contribution is 2.38. The van der Waals surface area contributed by atoms with Gasteiger partial charge in [-0.1, -0.05) is 23.7 Å². The summed E-state index contributed by atoms with van der Waals surface area (Å²) >= 11 is 7.68. The van der Waals surface area contributed by atoms with E-state index in [0.29, 0.717) is 42.9 Å². The third-order valence-corrected chi connectivity index (χ3v) is 9.16. The van der Waals surface area contributed by atoms with Gasteiger partial charge in [0.15, 0.2) is 11.9 Å². The SMILES string of the molecule is CC(C)(C)[N+]1(C(=O)[O-])C[C@@H](NC(=O)C(F)(F)F)C[C@@H]1C#Cc1cc2ncnc(Nc3ccc(OCc4cccc(F)c4)c(Cl)c3)c2s1. The number of nitrogens with zero attached hydrogens (tertiary/aromatic N) is 3. The minimum Gasteiger partial charge on any atom is -0.498 e. The van der Waals surface area contributed by atoms with Crippen molar-refractivity contribution in [2.75, 3.05) is 11.9 Å². The monoisotopic (exact) mass is 689 g/mol. The molecule has 15 heteroatoms. The van der Waals surface area contributed by atoms with Crippen molar-refractivity contribution in [1.82, 2.24) is 15.3 Å². The van der Waals surface area contributed by atoms with Gasteiger partial charge in [0.05, 0.1) is 31.7 Å². The second-order valence-electron chi connectivity index (χ2n) is 11.9. The van der Waals surface area contributed by atoms with Gasteiger partial charge in [0.1, 0.15) is 31.0 Å². The number of likely N-dealkylation sites (tertiary alicyclic amines) is 1. The highest BCUT2D eigenvalue weighted by Gasteiger charge is 2.56. The quantitative estimate of drug-likeness (QED) is 0.146. The van der Waals surface area contributed by atoms with Crippen molar-refractivity contribution in [3.8, 4) is 17.6 Å². The number of alkyl halides is 3. The fourth-order valence-corrected chi connectivity index (χ4v) is 6.69. The molecule has 9 nitrogen and oxygen atoms in total. The lowest BCUT2D eigenvalue weighted by atomic mass is 10.00. The van der Waals surface area contributed by atoms with Crippen LogP contribution in [0.1, 0.15) is 37.6 Å². The van der Waals surface area contributed by atoms with E-state index in [1.807, 2.05) is 5.32 Å². The molecule has 2 aromatic carbocycles. The molecule has 2 N–H and O–H groups in total. The van der Waals surface area contributed by atoms with Gasteiger partial charge in [0, 0.05) is 12.1 Å². The average molecular weight is 690 g/mol. The molecule has 5 rings (SSSR count). The number of nitrogens with one attached hydrogen (secondary N) is 2. The Labute approximate surface area is 276 Å². The van der Waals surface area contributed by atoms with Crippen LogP contribution >= 0.6 is 22.9 Å². The Bertz CT molecular complexity index is 1900. The summed E-state index contributed by atoms with van der Waals surface area (Å²) in [5.74, 6) is 4.26. The lowest BCUT2D eigenvalue weighted by Gasteiger charge is -2.47. The zero-order valence-corrected chi connectivity index (χ0v) is 26.8. The van der Waals surface area contributed by atoms with Crippen LogP contribution in [0, 0.1) is 17.7 Å². The van der Waals surface area contributed by atoms with Crippen LogP contribution in [0.2, 0.25) is 5.02 Å². The molecule has 0 bridgehead atoms. The first-order chi connectivity index (χ1) is 22.1. The van der Waals surface area contributed by atoms with Crippen molar-refractivity contribution in [3.05, 3.63) is 76.1 Å². The van der Waals surface area contributed by atoms with Gasteiger partial charge in [0.2, 0.25) is 0 Å². The lowest BCUT2D eigenvalue weighted by Crippen LogP contribution is -2.70. The van der Waals surface area contributed by atoms with Crippen LogP contribution in [-0.4, -0.2) is 56.8 Å². The molecule has 1 unspecified atom stereocenters. The van der Waals surface area contributed by atoms with Gasteiger partial charge in [0.25, 0.3) is 6.09 Å². The standard InChI is InChI=1S/C32H28ClF4N5O4S/c1-31(2,3)42(30(44)45)15-21(41-29(43)32(35,36)37)12-22(42)8-9-23-14-25-27(47-23)28(39-17-38-25)40-20-7-10-26(24(33)13-20)46-16-18-5-4-6-19(34)11-18/h4-7,10-11,13-14,17,21-22H,12,15-16H2,1-3H3,(H2-,38,39,40,41,43,44,45)/t21-,22-,42?/m0/s1. The van der Waals surface area contributed by atoms with E-state index in [4.69, 9.17) is 16.3 Å². The van der Waals surface area contributed by atoms with Crippen molar-refractivity contribution in [2.24, 2.45) is 0 Å². The maximum Gasteiger partial charge on any atom is 0.471 e. The summed E-state index contributed by atoms with van der Waals surface area (Å²) in [6, 6.07) is 10.7. The smallest absolute Gasteiger partial charge is 0.471 e. The number of carboxylic acid groups (broad SMARTS) is 1. The number of hydrogen-bond acceptors (Lipinski definition) is 8. The van der Waals surface area contributed by atoms with Crippen molar-refractivity contribution >= 4 is 56.7 Å². The molecule has 0 aliphatic carbocycles. The normalized spacial score (nSPS) is 19.6. The molecule has 0 radical (unpaired) electrons. The van der Waals surface area contributed by atoms with Crippen LogP contribution in [0.5, 0.6) is 5.75 Å². The Balaban J connectivity index is 1.37. The minimum atomic E-state index is -5.11. The summed E-state index contributed by atoms with van der Waals surface area (Å²) < 4.78 is 57.9. The van der Waals surface area contributed by atoms with Crippen molar-refractivity contribution in [1.29, 1.82) is 0 Å². The van der Waals surface area contributed by atoms with E-state index in [2.05, 4.69) is 27.1 Å². The first-order valence-corrected chi connectivity index (χ1v) is 15.4. The first-order valence-electron chi connectivity index (χ1n) is 14.2. The van der Waals surface area contributed by atoms with Crippen LogP contribution in [0.25, 0.3) is 10.2 Å². The summed E-state index contributed by atoms with van der Waals surface area (Å²) in [7, 11) is 0. The molecular weight excluding hydrogens is 662 g/mol. The van der Waals surface area contributed by atoms with E-state index in [9.17, 15) is 32.3 Å². The number of thiophene rings is 1. The number of hydrogen-bond donors (Lipinski definition) is 2. The molecular formula is C32H28ClF4N5O4S. The van der Waals surface area contributed by atoms with E-state index < -0.39 is 40.3 Å². The number of carbonyl (C=O) groups is 2. The zero-order chi connectivity index (χ0) is 34.1. The summed E-state index contributed by atoms with van der Waals surface area (Å²) in [5, 5.41) is 18.0. The van der Waals surface area contributed by atoms with Gasteiger partial charge in [-0.3, -0.25) is 9.28 Å². The van der Waals surface area contributed by atoms with Gasteiger partial charge in [-0.05, 0) is 74.6 Å². The van der Waals surface area contributed by atoms with E-state index >= 15 is 0 Å². The number of halogens is 5. The second-order valence-corrected chi connectivity index (χ2v) is 13.4. The van der Waals surface area contributed by atoms with E-state index in [-0.39, 0.29) is 25.4 Å². The molecule has 1 saturated heterocycles. The number of benzene rings is 2. The molecule has 2 amide bonds. The molecule has 3 heterocycles. The van der Waals surface area contributed by atoms with Crippen molar-refractivity contribution < 1.29 is 41.5 Å². The number of amides is 2. The molecule has 3 atom stereocenters. The molecule has 1 aliphatic rings. The zero-order valence-electron chi connectivity index (χ0n) is 25.2. The van der Waals surface area contributed by atoms with Crippen LogP contribution in [0.15, 0.2) is 54.9 Å². The largest absolute Gasteiger partial charge is 0.498 e. The average Bonchev–Trinajstić information content (AvgIpc) is 3.57. The number of quaternary nitrogens is 1. The van der Waals surface area contributed by atoms with E-state index in [0.717, 1.165) is 0 Å². The number of carbonyl (C=O) groups excluding carboxylic acids is 2. The van der Waals surface area contributed by atoms with Gasteiger partial charge in [-0.2, -0.15) is 13.2 Å². The Hall–Kier alpha value is -4.45. The molecule has 4 aromatic rings. The highest BCUT2D eigenvalue weighted by atomic mass is 35.5. The van der Waals surface area contributed by atoms with Crippen LogP contribution < -0.4 is 20.5 Å². The molecule has 0 saturated carbocycles. The summed E-state index contributed by atoms with van der Waals surface area (Å²) in [6.07, 6.45) is -5.38. The molecule has 2 aromatic heterocycles. The minimum absolute atomic E-state index is 0.123. The number of aromatic nitrogens is 2. The third-order valence-electron chi connectivity index (χ3n) is 7.81. The maximum absolute atomic E-state index is 13.5. The lowest BCUT2D eigenvalue weighted by molar-refractivity contribution is -0.923. The van der Waals surface area contributed by atoms with Crippen LogP contribution in [0.4, 0.5) is 33.9 Å². The molecule has 47 heavy (non-hydrogen) atoms. The highest BCUT2D eigenvalue weighted by molar-refractivity contribution is 7.20. The number of ether oxygens (including phenoxy) is 1. The number of rotatable bonds is 6. The molecule has 1 fully saturated rings.